The van der Waals surface area contributed by atoms with Crippen LogP contribution in [-0.4, -0.2) is 89.0 Å². The lowest BCUT2D eigenvalue weighted by molar-refractivity contribution is -0.134. The minimum atomic E-state index is -0.904. The molecule has 262 valence electrons. The molecule has 4 unspecified atom stereocenters. The number of aromatic nitrogens is 2. The highest BCUT2D eigenvalue weighted by atomic mass is 16.6. The molecule has 12 nitrogen and oxygen atoms in total. The van der Waals surface area contributed by atoms with Crippen molar-refractivity contribution in [3.05, 3.63) is 83.5 Å². The van der Waals surface area contributed by atoms with E-state index >= 15 is 0 Å². The molecule has 4 atom stereocenters. The number of Topliss-reactive ketones (excluding diaryl/α,β-unsaturated/α-hetero) is 2. The van der Waals surface area contributed by atoms with Gasteiger partial charge in [-0.25, -0.2) is 0 Å². The zero-order chi connectivity index (χ0) is 34.8. The van der Waals surface area contributed by atoms with Gasteiger partial charge in [-0.2, -0.15) is 0 Å². The van der Waals surface area contributed by atoms with Gasteiger partial charge in [0.2, 0.25) is 5.91 Å². The number of amides is 2. The average Bonchev–Trinajstić information content (AvgIpc) is 3.68. The normalized spacial score (nSPS) is 19.5. The lowest BCUT2D eigenvalue weighted by Crippen LogP contribution is -2.49. The number of nitrogens with one attached hydrogen (secondary N) is 2. The van der Waals surface area contributed by atoms with Crippen molar-refractivity contribution in [2.24, 2.45) is 11.8 Å². The summed E-state index contributed by atoms with van der Waals surface area (Å²) in [7, 11) is 0. The van der Waals surface area contributed by atoms with Gasteiger partial charge in [0.05, 0.1) is 38.4 Å². The van der Waals surface area contributed by atoms with Gasteiger partial charge in [0.25, 0.3) is 5.91 Å². The summed E-state index contributed by atoms with van der Waals surface area (Å²) >= 11 is 0. The molecule has 12 heteroatoms. The zero-order valence-corrected chi connectivity index (χ0v) is 28.6. The highest BCUT2D eigenvalue weighted by Gasteiger charge is 2.50. The van der Waals surface area contributed by atoms with Gasteiger partial charge in [-0.15, -0.1) is 0 Å². The Kier molecular flexibility index (Phi) is 12.4. The summed E-state index contributed by atoms with van der Waals surface area (Å²) in [4.78, 5) is 61.1. The fraction of sp³-hybridized carbons (Fsp3) is 0.514. The van der Waals surface area contributed by atoms with E-state index in [0.717, 1.165) is 24.2 Å². The predicted octanol–water partition coefficient (Wildman–Crippen LogP) is 3.34. The van der Waals surface area contributed by atoms with Gasteiger partial charge in [-0.1, -0.05) is 49.3 Å². The van der Waals surface area contributed by atoms with Gasteiger partial charge < -0.3 is 24.6 Å². The third-order valence-electron chi connectivity index (χ3n) is 9.02. The first-order valence-corrected chi connectivity index (χ1v) is 17.1. The van der Waals surface area contributed by atoms with Crippen molar-refractivity contribution in [1.82, 2.24) is 25.7 Å². The number of hydrogen-bond donors (Lipinski definition) is 2. The maximum atomic E-state index is 14.1. The van der Waals surface area contributed by atoms with Crippen LogP contribution in [0.25, 0.3) is 0 Å². The second-order valence-electron chi connectivity index (χ2n) is 13.6. The number of ether oxygens (including phenoxy) is 2. The van der Waals surface area contributed by atoms with Crippen LogP contribution in [-0.2, 0) is 43.2 Å². The first-order chi connectivity index (χ1) is 23.6. The van der Waals surface area contributed by atoms with E-state index in [0.29, 0.717) is 51.4 Å². The Morgan fingerprint density at radius 1 is 0.959 bits per heavy atom. The molecule has 1 aromatic carbocycles. The highest BCUT2D eigenvalue weighted by molar-refractivity contribution is 5.99. The van der Waals surface area contributed by atoms with Crippen molar-refractivity contribution in [1.29, 1.82) is 0 Å². The summed E-state index contributed by atoms with van der Waals surface area (Å²) in [5, 5.41) is 9.83. The molecule has 2 aromatic heterocycles. The SMILES string of the molecule is CC(C)CC(NC(=O)C(CC(=O)C(CCc1ccccc1)NC(=O)c1cc(CN2CCOCC2)on1)Cc1ccncc1)C(=O)C1(C)CO1. The summed E-state index contributed by atoms with van der Waals surface area (Å²) in [5.41, 5.74) is 1.02. The number of ketones is 2. The maximum absolute atomic E-state index is 14.1. The molecule has 0 spiro atoms. The van der Waals surface area contributed by atoms with E-state index in [1.165, 1.54) is 0 Å². The molecule has 2 fully saturated rings. The number of carbonyl (C=O) groups is 4. The minimum absolute atomic E-state index is 0.0812. The molecule has 49 heavy (non-hydrogen) atoms. The van der Waals surface area contributed by atoms with Crippen molar-refractivity contribution < 1.29 is 33.2 Å². The summed E-state index contributed by atoms with van der Waals surface area (Å²) < 4.78 is 16.3. The number of aryl methyl sites for hydroxylation is 1. The minimum Gasteiger partial charge on any atom is -0.379 e. The number of morpholine rings is 1. The molecule has 2 aliphatic rings. The third-order valence-corrected chi connectivity index (χ3v) is 9.02. The smallest absolute Gasteiger partial charge is 0.274 e. The number of rotatable bonds is 18. The first-order valence-electron chi connectivity index (χ1n) is 17.1. The van der Waals surface area contributed by atoms with E-state index in [1.54, 1.807) is 37.5 Å². The van der Waals surface area contributed by atoms with Crippen molar-refractivity contribution >= 4 is 23.4 Å². The van der Waals surface area contributed by atoms with Crippen molar-refractivity contribution in [2.45, 2.75) is 77.1 Å². The van der Waals surface area contributed by atoms with Gasteiger partial charge in [-0.3, -0.25) is 29.1 Å². The van der Waals surface area contributed by atoms with Gasteiger partial charge in [0.1, 0.15) is 5.60 Å². The molecular weight excluding hydrogens is 626 g/mol. The number of carbonyl (C=O) groups excluding carboxylic acids is 4. The fourth-order valence-electron chi connectivity index (χ4n) is 6.03. The number of hydrogen-bond acceptors (Lipinski definition) is 10. The quantitative estimate of drug-likeness (QED) is 0.192. The molecule has 0 aliphatic carbocycles. The number of pyridine rings is 1. The first kappa shape index (κ1) is 36.0. The Hall–Kier alpha value is -4.26. The Balaban J connectivity index is 1.32. The molecule has 2 amide bonds. The molecule has 5 rings (SSSR count). The van der Waals surface area contributed by atoms with Gasteiger partial charge >= 0.3 is 0 Å². The topological polar surface area (TPSA) is 156 Å². The number of benzene rings is 1. The highest BCUT2D eigenvalue weighted by Crippen LogP contribution is 2.30. The van der Waals surface area contributed by atoms with Crippen LogP contribution < -0.4 is 10.6 Å². The van der Waals surface area contributed by atoms with E-state index in [4.69, 9.17) is 14.0 Å². The molecule has 3 aromatic rings. The van der Waals surface area contributed by atoms with E-state index in [1.807, 2.05) is 44.2 Å². The van der Waals surface area contributed by atoms with Crippen LogP contribution in [0.5, 0.6) is 0 Å². The fourth-order valence-corrected chi connectivity index (χ4v) is 6.03. The van der Waals surface area contributed by atoms with E-state index in [2.05, 4.69) is 25.7 Å². The van der Waals surface area contributed by atoms with Crippen LogP contribution in [0.15, 0.2) is 65.4 Å². The zero-order valence-electron chi connectivity index (χ0n) is 28.6. The monoisotopic (exact) mass is 673 g/mol. The molecule has 0 saturated carbocycles. The standard InChI is InChI=1S/C37H47N5O7/c1-25(2)19-31(34(44)37(3)24-48-37)40-35(45)28(20-27-11-13-38-14-12-27)21-33(43)30(10-9-26-7-5-4-6-8-26)39-36(46)32-22-29(49-41-32)23-42-15-17-47-18-16-42/h4-8,11-14,22,25,28,30-31H,9-10,15-21,23-24H2,1-3H3,(H,39,46)(H,40,45). The second-order valence-corrected chi connectivity index (χ2v) is 13.6. The van der Waals surface area contributed by atoms with Crippen LogP contribution in [0.3, 0.4) is 0 Å². The van der Waals surface area contributed by atoms with Gasteiger partial charge in [-0.05, 0) is 61.8 Å². The van der Waals surface area contributed by atoms with E-state index in [-0.39, 0.29) is 36.0 Å². The summed E-state index contributed by atoms with van der Waals surface area (Å²) in [6.45, 7) is 9.30. The Morgan fingerprint density at radius 3 is 2.35 bits per heavy atom. The molecule has 0 radical (unpaired) electrons. The number of nitrogens with zero attached hydrogens (tertiary/aromatic N) is 3. The maximum Gasteiger partial charge on any atom is 0.274 e. The second kappa shape index (κ2) is 16.9. The third kappa shape index (κ3) is 10.6. The van der Waals surface area contributed by atoms with Gasteiger partial charge in [0, 0.05) is 43.9 Å². The molecule has 4 heterocycles. The van der Waals surface area contributed by atoms with Crippen molar-refractivity contribution in [3.8, 4) is 0 Å². The van der Waals surface area contributed by atoms with Crippen LogP contribution in [0.4, 0.5) is 0 Å². The van der Waals surface area contributed by atoms with Crippen molar-refractivity contribution in [2.75, 3.05) is 32.9 Å². The lowest BCUT2D eigenvalue weighted by atomic mass is 9.88. The summed E-state index contributed by atoms with van der Waals surface area (Å²) in [5.74, 6) is -1.50. The van der Waals surface area contributed by atoms with Crippen LogP contribution in [0.2, 0.25) is 0 Å². The average molecular weight is 674 g/mol. The molecule has 0 bridgehead atoms. The van der Waals surface area contributed by atoms with Gasteiger partial charge in [0.15, 0.2) is 23.0 Å². The Morgan fingerprint density at radius 2 is 1.67 bits per heavy atom. The number of epoxide rings is 1. The molecule has 2 saturated heterocycles. The predicted molar refractivity (Wildman–Crippen MR) is 180 cm³/mol. The lowest BCUT2D eigenvalue weighted by Gasteiger charge is -2.25. The largest absolute Gasteiger partial charge is 0.379 e. The molecular formula is C37H47N5O7. The van der Waals surface area contributed by atoms with Crippen LogP contribution in [0, 0.1) is 11.8 Å². The molecule has 2 N–H and O–H groups in total. The van der Waals surface area contributed by atoms with Crippen LogP contribution in [0.1, 0.15) is 67.4 Å². The van der Waals surface area contributed by atoms with E-state index in [9.17, 15) is 19.2 Å². The van der Waals surface area contributed by atoms with Crippen LogP contribution >= 0.6 is 0 Å². The van der Waals surface area contributed by atoms with Crippen molar-refractivity contribution in [3.63, 3.8) is 0 Å². The Labute approximate surface area is 287 Å². The summed E-state index contributed by atoms with van der Waals surface area (Å²) in [6, 6.07) is 13.3. The molecule has 2 aliphatic heterocycles. The summed E-state index contributed by atoms with van der Waals surface area (Å²) in [6.07, 6.45) is 4.67. The van der Waals surface area contributed by atoms with E-state index < -0.39 is 35.4 Å². The Bertz CT molecular complexity index is 1550.